The molecule has 2 fully saturated rings. The van der Waals surface area contributed by atoms with E-state index in [0.717, 1.165) is 46.8 Å². The van der Waals surface area contributed by atoms with Gasteiger partial charge in [-0.1, -0.05) is 17.3 Å². The number of fused-ring (bicyclic) bond motifs is 2. The van der Waals surface area contributed by atoms with Gasteiger partial charge < -0.3 is 10.6 Å². The maximum absolute atomic E-state index is 12.0. The first-order valence-corrected chi connectivity index (χ1v) is 13.9. The lowest BCUT2D eigenvalue weighted by Crippen LogP contribution is -2.32. The van der Waals surface area contributed by atoms with Gasteiger partial charge in [0.15, 0.2) is 5.82 Å². The molecule has 12 heteroatoms. The van der Waals surface area contributed by atoms with Crippen LogP contribution in [0, 0.1) is 11.8 Å². The van der Waals surface area contributed by atoms with E-state index < -0.39 is 10.0 Å². The standard InChI is InChI=1S/C24H29N9O2S/c1-15(2)32-22(9-27-29-32)20-8-21(33-23(20)24(25)26-14-28-33)16-5-4-6-19(7-16)30-10-17-12-31(36(3,34)35)13-18(17)11-30/h4-9,14-15,17-18H,10-13H2,1-3H3,(H2,25,26,28). The highest BCUT2D eigenvalue weighted by atomic mass is 32.2. The van der Waals surface area contributed by atoms with Crippen molar-refractivity contribution in [1.82, 2.24) is 33.9 Å². The summed E-state index contributed by atoms with van der Waals surface area (Å²) in [7, 11) is -3.14. The van der Waals surface area contributed by atoms with Gasteiger partial charge in [-0.2, -0.15) is 5.10 Å². The largest absolute Gasteiger partial charge is 0.382 e. The first-order valence-electron chi connectivity index (χ1n) is 12.0. The zero-order chi connectivity index (χ0) is 25.2. The molecule has 36 heavy (non-hydrogen) atoms. The van der Waals surface area contributed by atoms with Crippen LogP contribution in [0.4, 0.5) is 11.5 Å². The Morgan fingerprint density at radius 2 is 1.81 bits per heavy atom. The minimum absolute atomic E-state index is 0.128. The molecule has 2 saturated heterocycles. The summed E-state index contributed by atoms with van der Waals surface area (Å²) >= 11 is 0. The third-order valence-electron chi connectivity index (χ3n) is 7.35. The highest BCUT2D eigenvalue weighted by molar-refractivity contribution is 7.88. The molecule has 2 N–H and O–H groups in total. The van der Waals surface area contributed by atoms with Crippen LogP contribution in [-0.2, 0) is 10.0 Å². The maximum Gasteiger partial charge on any atom is 0.211 e. The number of hydrogen-bond acceptors (Lipinski definition) is 8. The van der Waals surface area contributed by atoms with E-state index in [0.29, 0.717) is 30.7 Å². The number of benzene rings is 1. The molecule has 3 aromatic heterocycles. The predicted octanol–water partition coefficient (Wildman–Crippen LogP) is 2.15. The smallest absolute Gasteiger partial charge is 0.211 e. The second-order valence-electron chi connectivity index (χ2n) is 10.1. The van der Waals surface area contributed by atoms with Gasteiger partial charge in [0.2, 0.25) is 10.0 Å². The Hall–Kier alpha value is -3.51. The van der Waals surface area contributed by atoms with Gasteiger partial charge in [-0.25, -0.2) is 26.9 Å². The number of aromatic nitrogens is 6. The van der Waals surface area contributed by atoms with Crippen molar-refractivity contribution in [2.45, 2.75) is 19.9 Å². The fourth-order valence-corrected chi connectivity index (χ4v) is 6.50. The van der Waals surface area contributed by atoms with Crippen LogP contribution >= 0.6 is 0 Å². The van der Waals surface area contributed by atoms with Crippen molar-refractivity contribution in [3.05, 3.63) is 42.9 Å². The number of nitrogens with two attached hydrogens (primary N) is 1. The van der Waals surface area contributed by atoms with Crippen LogP contribution < -0.4 is 10.6 Å². The lowest BCUT2D eigenvalue weighted by atomic mass is 10.0. The van der Waals surface area contributed by atoms with E-state index in [1.165, 1.54) is 12.6 Å². The molecule has 0 bridgehead atoms. The van der Waals surface area contributed by atoms with Crippen LogP contribution in [0.3, 0.4) is 0 Å². The molecule has 0 aliphatic carbocycles. The van der Waals surface area contributed by atoms with Crippen molar-refractivity contribution < 1.29 is 8.42 Å². The summed E-state index contributed by atoms with van der Waals surface area (Å²) in [5, 5.41) is 12.9. The molecule has 2 atom stereocenters. The topological polar surface area (TPSA) is 128 Å². The Morgan fingerprint density at radius 1 is 1.06 bits per heavy atom. The Morgan fingerprint density at radius 3 is 2.50 bits per heavy atom. The van der Waals surface area contributed by atoms with Crippen molar-refractivity contribution in [3.8, 4) is 22.5 Å². The SMILES string of the molecule is CC(C)n1nncc1-c1cc(-c2cccc(N3CC4CN(S(C)(=O)=O)CC4C3)c2)n2ncnc(N)c12. The van der Waals surface area contributed by atoms with Crippen LogP contribution in [0.15, 0.2) is 42.9 Å². The number of sulfonamides is 1. The van der Waals surface area contributed by atoms with Gasteiger partial charge in [-0.3, -0.25) is 0 Å². The number of hydrogen-bond donors (Lipinski definition) is 1. The highest BCUT2D eigenvalue weighted by Gasteiger charge is 2.42. The minimum atomic E-state index is -3.14. The molecule has 2 aliphatic heterocycles. The lowest BCUT2D eigenvalue weighted by Gasteiger charge is -2.22. The second kappa shape index (κ2) is 8.27. The van der Waals surface area contributed by atoms with E-state index in [1.807, 2.05) is 15.3 Å². The van der Waals surface area contributed by atoms with E-state index in [-0.39, 0.29) is 6.04 Å². The minimum Gasteiger partial charge on any atom is -0.382 e. The molecule has 11 nitrogen and oxygen atoms in total. The molecule has 0 amide bonds. The zero-order valence-corrected chi connectivity index (χ0v) is 21.3. The van der Waals surface area contributed by atoms with Crippen molar-refractivity contribution in [2.24, 2.45) is 11.8 Å². The fraction of sp³-hybridized carbons (Fsp3) is 0.417. The summed E-state index contributed by atoms with van der Waals surface area (Å²) in [5.74, 6) is 1.09. The molecule has 6 rings (SSSR count). The van der Waals surface area contributed by atoms with Gasteiger partial charge in [-0.15, -0.1) is 5.10 Å². The third kappa shape index (κ3) is 3.71. The molecule has 2 unspecified atom stereocenters. The van der Waals surface area contributed by atoms with Crippen LogP contribution in [0.1, 0.15) is 19.9 Å². The van der Waals surface area contributed by atoms with Crippen LogP contribution in [0.2, 0.25) is 0 Å². The Labute approximate surface area is 209 Å². The molecule has 0 radical (unpaired) electrons. The van der Waals surface area contributed by atoms with E-state index in [9.17, 15) is 8.42 Å². The average Bonchev–Trinajstić information content (AvgIpc) is 3.59. The molecule has 5 heterocycles. The number of anilines is 2. The van der Waals surface area contributed by atoms with Crippen molar-refractivity contribution in [2.75, 3.05) is 43.1 Å². The average molecular weight is 508 g/mol. The third-order valence-corrected chi connectivity index (χ3v) is 8.59. The van der Waals surface area contributed by atoms with Gasteiger partial charge >= 0.3 is 0 Å². The Balaban J connectivity index is 1.37. The van der Waals surface area contributed by atoms with Crippen molar-refractivity contribution in [3.63, 3.8) is 0 Å². The van der Waals surface area contributed by atoms with Crippen LogP contribution in [-0.4, -0.2) is 74.7 Å². The van der Waals surface area contributed by atoms with Gasteiger partial charge in [-0.05, 0) is 43.9 Å². The van der Waals surface area contributed by atoms with Gasteiger partial charge in [0.25, 0.3) is 0 Å². The van der Waals surface area contributed by atoms with Gasteiger partial charge in [0, 0.05) is 49.0 Å². The number of nitrogens with zero attached hydrogens (tertiary/aromatic N) is 8. The van der Waals surface area contributed by atoms with E-state index in [4.69, 9.17) is 5.73 Å². The molecular formula is C24H29N9O2S. The maximum atomic E-state index is 12.0. The van der Waals surface area contributed by atoms with E-state index in [1.54, 1.807) is 10.5 Å². The molecule has 4 aromatic rings. The van der Waals surface area contributed by atoms with Gasteiger partial charge in [0.05, 0.1) is 23.8 Å². The lowest BCUT2D eigenvalue weighted by molar-refractivity contribution is 0.458. The number of rotatable bonds is 5. The number of nitrogen functional groups attached to an aromatic ring is 1. The van der Waals surface area contributed by atoms with E-state index in [2.05, 4.69) is 63.4 Å². The molecule has 2 aliphatic rings. The first kappa shape index (κ1) is 22.9. The van der Waals surface area contributed by atoms with Gasteiger partial charge in [0.1, 0.15) is 11.8 Å². The van der Waals surface area contributed by atoms with Crippen molar-refractivity contribution in [1.29, 1.82) is 0 Å². The molecule has 0 spiro atoms. The molecule has 0 saturated carbocycles. The molecule has 188 valence electrons. The fourth-order valence-electron chi connectivity index (χ4n) is 5.58. The summed E-state index contributed by atoms with van der Waals surface area (Å²) in [5.41, 5.74) is 11.8. The van der Waals surface area contributed by atoms with Crippen LogP contribution in [0.5, 0.6) is 0 Å². The highest BCUT2D eigenvalue weighted by Crippen LogP contribution is 2.38. The molecular weight excluding hydrogens is 478 g/mol. The Bertz CT molecular complexity index is 1540. The Kier molecular flexibility index (Phi) is 5.27. The first-order chi connectivity index (χ1) is 17.2. The van der Waals surface area contributed by atoms with Crippen LogP contribution in [0.25, 0.3) is 28.0 Å². The monoisotopic (exact) mass is 507 g/mol. The summed E-state index contributed by atoms with van der Waals surface area (Å²) in [4.78, 5) is 6.59. The molecule has 1 aromatic carbocycles. The predicted molar refractivity (Wildman–Crippen MR) is 138 cm³/mol. The summed E-state index contributed by atoms with van der Waals surface area (Å²) < 4.78 is 29.3. The second-order valence-corrected chi connectivity index (χ2v) is 12.0. The quantitative estimate of drug-likeness (QED) is 0.435. The van der Waals surface area contributed by atoms with E-state index >= 15 is 0 Å². The zero-order valence-electron chi connectivity index (χ0n) is 20.5. The summed E-state index contributed by atoms with van der Waals surface area (Å²) in [6.07, 6.45) is 4.50. The normalized spacial score (nSPS) is 20.6. The van der Waals surface area contributed by atoms with Crippen molar-refractivity contribution >= 4 is 27.0 Å². The summed E-state index contributed by atoms with van der Waals surface area (Å²) in [6.45, 7) is 6.99. The summed E-state index contributed by atoms with van der Waals surface area (Å²) in [6, 6.07) is 10.6.